The molecule has 0 aromatic rings. The molecule has 0 unspecified atom stereocenters. The first-order valence-corrected chi connectivity index (χ1v) is 23.9. The number of esters is 2. The predicted molar refractivity (Wildman–Crippen MR) is 227 cm³/mol. The van der Waals surface area contributed by atoms with Crippen molar-refractivity contribution in [2.24, 2.45) is 0 Å². The first-order valence-electron chi connectivity index (χ1n) is 23.0. The maximum atomic E-state index is 13.4. The summed E-state index contributed by atoms with van der Waals surface area (Å²) in [4.78, 5) is 43.8. The van der Waals surface area contributed by atoms with E-state index in [0.717, 1.165) is 70.1 Å². The number of rotatable bonds is 38. The second kappa shape index (κ2) is 36.4. The van der Waals surface area contributed by atoms with E-state index in [1.165, 1.54) is 134 Å². The maximum absolute atomic E-state index is 13.4. The van der Waals surface area contributed by atoms with Crippen LogP contribution in [0.15, 0.2) is 0 Å². The molecule has 1 amide bonds. The van der Waals surface area contributed by atoms with Gasteiger partial charge in [0.15, 0.2) is 0 Å². The average Bonchev–Trinajstić information content (AvgIpc) is 3.12. The van der Waals surface area contributed by atoms with Crippen molar-refractivity contribution < 1.29 is 23.9 Å². The Morgan fingerprint density at radius 3 is 1.25 bits per heavy atom. The van der Waals surface area contributed by atoms with E-state index >= 15 is 0 Å². The SMILES string of the molecule is CCCCCCCC(CCCCCCC)OC(=O)CCCN(CCCC(=O)OC(CCCCCCC)CCCCCCC)C(=O)SCCCN1CCC1. The van der Waals surface area contributed by atoms with Gasteiger partial charge in [0.25, 0.3) is 5.24 Å². The lowest BCUT2D eigenvalue weighted by Crippen LogP contribution is -2.38. The summed E-state index contributed by atoms with van der Waals surface area (Å²) in [6, 6.07) is 0. The molecule has 0 aromatic heterocycles. The van der Waals surface area contributed by atoms with Gasteiger partial charge in [-0.05, 0) is 96.7 Å². The standard InChI is InChI=1S/C45H86N2O5S/c1-5-9-13-17-21-29-41(30-22-18-14-10-6-2)51-43(48)33-25-38-47(45(50)53-40-28-37-46-35-27-36-46)39-26-34-44(49)52-42(31-23-19-15-11-7-3)32-24-20-16-12-8-4/h41-42H,5-40H2,1-4H3. The lowest BCUT2D eigenvalue weighted by atomic mass is 10.0. The zero-order valence-corrected chi connectivity index (χ0v) is 36.3. The Hall–Kier alpha value is -1.28. The van der Waals surface area contributed by atoms with E-state index in [1.54, 1.807) is 0 Å². The number of carbonyl (C=O) groups excluding carboxylic acids is 3. The number of carbonyl (C=O) groups is 3. The monoisotopic (exact) mass is 767 g/mol. The summed E-state index contributed by atoms with van der Waals surface area (Å²) < 4.78 is 12.1. The van der Waals surface area contributed by atoms with Gasteiger partial charge in [0.05, 0.1) is 0 Å². The van der Waals surface area contributed by atoms with Crippen molar-refractivity contribution in [1.29, 1.82) is 0 Å². The third kappa shape index (κ3) is 29.7. The van der Waals surface area contributed by atoms with E-state index in [0.29, 0.717) is 38.8 Å². The maximum Gasteiger partial charge on any atom is 0.306 e. The molecule has 8 heteroatoms. The molecule has 1 fully saturated rings. The number of likely N-dealkylation sites (tertiary alicyclic amines) is 1. The molecule has 0 saturated carbocycles. The summed E-state index contributed by atoms with van der Waals surface area (Å²) in [5.74, 6) is 0.531. The van der Waals surface area contributed by atoms with E-state index < -0.39 is 0 Å². The highest BCUT2D eigenvalue weighted by Crippen LogP contribution is 2.20. The fourth-order valence-corrected chi connectivity index (χ4v) is 8.00. The van der Waals surface area contributed by atoms with Gasteiger partial charge >= 0.3 is 11.9 Å². The highest BCUT2D eigenvalue weighted by molar-refractivity contribution is 8.13. The zero-order valence-electron chi connectivity index (χ0n) is 35.5. The Balaban J connectivity index is 2.65. The largest absolute Gasteiger partial charge is 0.462 e. The van der Waals surface area contributed by atoms with E-state index in [1.807, 2.05) is 4.90 Å². The molecule has 0 N–H and O–H groups in total. The highest BCUT2D eigenvalue weighted by Gasteiger charge is 2.20. The first-order chi connectivity index (χ1) is 25.9. The van der Waals surface area contributed by atoms with Crippen molar-refractivity contribution in [1.82, 2.24) is 9.80 Å². The van der Waals surface area contributed by atoms with Crippen molar-refractivity contribution in [2.45, 2.75) is 233 Å². The van der Waals surface area contributed by atoms with Crippen LogP contribution in [0.4, 0.5) is 4.79 Å². The van der Waals surface area contributed by atoms with Crippen LogP contribution < -0.4 is 0 Å². The molecule has 1 aliphatic heterocycles. The van der Waals surface area contributed by atoms with Gasteiger partial charge in [-0.3, -0.25) is 14.4 Å². The fourth-order valence-electron chi connectivity index (χ4n) is 7.18. The van der Waals surface area contributed by atoms with Gasteiger partial charge in [0.2, 0.25) is 0 Å². The average molecular weight is 767 g/mol. The second-order valence-electron chi connectivity index (χ2n) is 15.9. The van der Waals surface area contributed by atoms with Crippen molar-refractivity contribution >= 4 is 28.9 Å². The minimum Gasteiger partial charge on any atom is -0.462 e. The minimum atomic E-state index is -0.134. The Kier molecular flexibility index (Phi) is 34.1. The summed E-state index contributed by atoms with van der Waals surface area (Å²) >= 11 is 1.39. The highest BCUT2D eigenvalue weighted by atomic mass is 32.2. The van der Waals surface area contributed by atoms with Gasteiger partial charge in [-0.2, -0.15) is 0 Å². The van der Waals surface area contributed by atoms with Crippen molar-refractivity contribution in [3.05, 3.63) is 0 Å². The molecule has 1 heterocycles. The second-order valence-corrected chi connectivity index (χ2v) is 16.9. The first kappa shape index (κ1) is 49.7. The molecule has 0 spiro atoms. The smallest absolute Gasteiger partial charge is 0.306 e. The van der Waals surface area contributed by atoms with E-state index in [9.17, 15) is 14.4 Å². The summed E-state index contributed by atoms with van der Waals surface area (Å²) in [5, 5.41) is 0.0596. The predicted octanol–water partition coefficient (Wildman–Crippen LogP) is 13.1. The van der Waals surface area contributed by atoms with Crippen LogP contribution in [0.3, 0.4) is 0 Å². The number of hydrogen-bond donors (Lipinski definition) is 0. The van der Waals surface area contributed by atoms with Crippen LogP contribution in [0.1, 0.15) is 220 Å². The zero-order chi connectivity index (χ0) is 38.6. The van der Waals surface area contributed by atoms with Crippen LogP contribution in [0.2, 0.25) is 0 Å². The summed E-state index contributed by atoms with van der Waals surface area (Å²) in [6.07, 6.45) is 32.2. The van der Waals surface area contributed by atoms with Gasteiger partial charge < -0.3 is 19.3 Å². The lowest BCUT2D eigenvalue weighted by molar-refractivity contribution is -0.150. The molecule has 1 rings (SSSR count). The molecule has 1 saturated heterocycles. The third-order valence-corrected chi connectivity index (χ3v) is 11.8. The summed E-state index contributed by atoms with van der Waals surface area (Å²) in [7, 11) is 0. The molecule has 312 valence electrons. The normalized spacial score (nSPS) is 13.1. The molecule has 0 aliphatic carbocycles. The number of ether oxygens (including phenoxy) is 2. The topological polar surface area (TPSA) is 76.1 Å². The number of amides is 1. The van der Waals surface area contributed by atoms with Crippen LogP contribution in [0.25, 0.3) is 0 Å². The molecular formula is C45H86N2O5S. The number of unbranched alkanes of at least 4 members (excludes halogenated alkanes) is 16. The van der Waals surface area contributed by atoms with Gasteiger partial charge in [0.1, 0.15) is 12.2 Å². The van der Waals surface area contributed by atoms with Gasteiger partial charge in [-0.15, -0.1) is 0 Å². The fraction of sp³-hybridized carbons (Fsp3) is 0.933. The molecule has 0 bridgehead atoms. The molecule has 53 heavy (non-hydrogen) atoms. The summed E-state index contributed by atoms with van der Waals surface area (Å²) in [5.41, 5.74) is 0. The Bertz CT molecular complexity index is 790. The quantitative estimate of drug-likeness (QED) is 0.0457. The van der Waals surface area contributed by atoms with Crippen molar-refractivity contribution in [2.75, 3.05) is 38.5 Å². The van der Waals surface area contributed by atoms with E-state index in [-0.39, 0.29) is 29.4 Å². The molecule has 1 aliphatic rings. The minimum absolute atomic E-state index is 0.00738. The molecular weight excluding hydrogens is 681 g/mol. The lowest BCUT2D eigenvalue weighted by Gasteiger charge is -2.30. The summed E-state index contributed by atoms with van der Waals surface area (Å²) in [6.45, 7) is 13.4. The van der Waals surface area contributed by atoms with Crippen LogP contribution in [0, 0.1) is 0 Å². The Labute approximate surface area is 332 Å². The molecule has 7 nitrogen and oxygen atoms in total. The Morgan fingerprint density at radius 2 is 0.906 bits per heavy atom. The van der Waals surface area contributed by atoms with Crippen molar-refractivity contribution in [3.63, 3.8) is 0 Å². The van der Waals surface area contributed by atoms with Crippen molar-refractivity contribution in [3.8, 4) is 0 Å². The number of nitrogens with zero attached hydrogens (tertiary/aromatic N) is 2. The Morgan fingerprint density at radius 1 is 0.528 bits per heavy atom. The molecule has 0 aromatic carbocycles. The van der Waals surface area contributed by atoms with Crippen LogP contribution in [0.5, 0.6) is 0 Å². The van der Waals surface area contributed by atoms with Gasteiger partial charge in [-0.1, -0.05) is 142 Å². The number of hydrogen-bond acceptors (Lipinski definition) is 7. The molecule has 0 radical (unpaired) electrons. The van der Waals surface area contributed by atoms with Gasteiger partial charge in [0, 0.05) is 31.7 Å². The van der Waals surface area contributed by atoms with Crippen LogP contribution in [-0.2, 0) is 19.1 Å². The van der Waals surface area contributed by atoms with Crippen LogP contribution in [-0.4, -0.2) is 77.7 Å². The van der Waals surface area contributed by atoms with Gasteiger partial charge in [-0.25, -0.2) is 0 Å². The third-order valence-electron chi connectivity index (χ3n) is 10.8. The molecule has 0 atom stereocenters. The number of thioether (sulfide) groups is 1. The van der Waals surface area contributed by atoms with Crippen LogP contribution >= 0.6 is 11.8 Å². The van der Waals surface area contributed by atoms with E-state index in [4.69, 9.17) is 9.47 Å². The van der Waals surface area contributed by atoms with E-state index in [2.05, 4.69) is 32.6 Å².